The van der Waals surface area contributed by atoms with Gasteiger partial charge in [-0.05, 0) is 99.3 Å². The van der Waals surface area contributed by atoms with Crippen LogP contribution in [0.2, 0.25) is 0 Å². The first-order chi connectivity index (χ1) is 20.2. The zero-order valence-electron chi connectivity index (χ0n) is 28.6. The van der Waals surface area contributed by atoms with Gasteiger partial charge in [0, 0.05) is 10.6 Å². The van der Waals surface area contributed by atoms with Crippen molar-refractivity contribution in [1.82, 2.24) is 0 Å². The van der Waals surface area contributed by atoms with Crippen molar-refractivity contribution in [2.45, 2.75) is 130 Å². The topological polar surface area (TPSA) is 18.5 Å². The van der Waals surface area contributed by atoms with Gasteiger partial charge in [-0.3, -0.25) is 0 Å². The first kappa shape index (κ1) is 34.0. The van der Waals surface area contributed by atoms with Gasteiger partial charge in [0.2, 0.25) is 0 Å². The van der Waals surface area contributed by atoms with Gasteiger partial charge < -0.3 is 9.47 Å². The Kier molecular flexibility index (Phi) is 11.1. The van der Waals surface area contributed by atoms with Gasteiger partial charge in [0.15, 0.2) is 0 Å². The van der Waals surface area contributed by atoms with Crippen molar-refractivity contribution in [2.24, 2.45) is 5.92 Å². The molecule has 2 unspecified atom stereocenters. The second-order valence-corrected chi connectivity index (χ2v) is 21.2. The normalized spacial score (nSPS) is 18.6. The van der Waals surface area contributed by atoms with Gasteiger partial charge in [-0.25, -0.2) is 0 Å². The molecule has 3 aromatic rings. The quantitative estimate of drug-likeness (QED) is 0.211. The van der Waals surface area contributed by atoms with Gasteiger partial charge in [-0.2, -0.15) is 0 Å². The van der Waals surface area contributed by atoms with Crippen LogP contribution in [-0.4, -0.2) is 28.2 Å². The number of para-hydroxylation sites is 2. The first-order valence-electron chi connectivity index (χ1n) is 16.4. The molecule has 234 valence electrons. The summed E-state index contributed by atoms with van der Waals surface area (Å²) in [6.07, 6.45) is 4.10. The fourth-order valence-corrected chi connectivity index (χ4v) is 15.6. The summed E-state index contributed by atoms with van der Waals surface area (Å²) >= 11 is 0. The minimum atomic E-state index is -0.929. The number of ether oxygens (including phenoxy) is 2. The highest BCUT2D eigenvalue weighted by molar-refractivity contribution is 7.80. The van der Waals surface area contributed by atoms with Gasteiger partial charge in [0.25, 0.3) is 0 Å². The summed E-state index contributed by atoms with van der Waals surface area (Å²) in [5.74, 6) is 3.21. The van der Waals surface area contributed by atoms with Gasteiger partial charge in [0.1, 0.15) is 11.5 Å². The van der Waals surface area contributed by atoms with E-state index in [4.69, 9.17) is 9.47 Å². The molecule has 0 radical (unpaired) electrons. The predicted octanol–water partition coefficient (Wildman–Crippen LogP) is 10.4. The van der Waals surface area contributed by atoms with Crippen molar-refractivity contribution in [1.29, 1.82) is 0 Å². The van der Waals surface area contributed by atoms with Crippen molar-refractivity contribution >= 4 is 31.8 Å². The smallest absolute Gasteiger partial charge is 0.128 e. The fraction of sp³-hybridized carbons (Fsp3) is 0.538. The molecule has 0 N–H and O–H groups in total. The third kappa shape index (κ3) is 8.05. The maximum atomic E-state index is 6.50. The summed E-state index contributed by atoms with van der Waals surface area (Å²) in [6, 6.07) is 26.8. The molecule has 3 aromatic carbocycles. The minimum absolute atomic E-state index is 0.101. The standard InChI is InChI=1S/C39H56O2P2/c1-27(2)40-33-22-13-16-25-36(33)42(37-26-17-14-23-34(37)41-28(3)4)35-24-15-12-19-32(35)31-21-18-20-30(31)29(5)43(38(6,7)8)39(9,10)11/h12-17,19,22-31H,18,20-21H2,1-11H3/t29-,30?,31?/m1/s1. The minimum Gasteiger partial charge on any atom is -0.490 e. The second-order valence-electron chi connectivity index (χ2n) is 14.8. The molecule has 2 nitrogen and oxygen atoms in total. The maximum absolute atomic E-state index is 6.50. The van der Waals surface area contributed by atoms with Crippen molar-refractivity contribution < 1.29 is 9.47 Å². The lowest BCUT2D eigenvalue weighted by Gasteiger charge is -2.48. The second kappa shape index (κ2) is 14.0. The van der Waals surface area contributed by atoms with Gasteiger partial charge >= 0.3 is 0 Å². The van der Waals surface area contributed by atoms with Crippen LogP contribution in [0, 0.1) is 5.92 Å². The number of rotatable bonds is 10. The summed E-state index contributed by atoms with van der Waals surface area (Å²) in [6.45, 7) is 26.0. The SMILES string of the molecule is CC(C)Oc1ccccc1P(c1ccccc1OC(C)C)c1ccccc1C1CCCC1[C@@H](C)P(C(C)(C)C)C(C)(C)C. The maximum Gasteiger partial charge on any atom is 0.128 e. The van der Waals surface area contributed by atoms with Gasteiger partial charge in [0.05, 0.1) is 12.2 Å². The average Bonchev–Trinajstić information content (AvgIpc) is 3.39. The number of benzene rings is 3. The molecule has 0 spiro atoms. The monoisotopic (exact) mass is 618 g/mol. The lowest BCUT2D eigenvalue weighted by Crippen LogP contribution is -2.35. The van der Waals surface area contributed by atoms with Crippen molar-refractivity contribution in [3.05, 3.63) is 78.4 Å². The van der Waals surface area contributed by atoms with Crippen molar-refractivity contribution in [3.63, 3.8) is 0 Å². The number of hydrogen-bond acceptors (Lipinski definition) is 2. The third-order valence-electron chi connectivity index (χ3n) is 8.56. The number of hydrogen-bond donors (Lipinski definition) is 0. The average molecular weight is 619 g/mol. The molecule has 0 bridgehead atoms. The molecule has 0 heterocycles. The zero-order valence-corrected chi connectivity index (χ0v) is 30.4. The fourth-order valence-electron chi connectivity index (χ4n) is 7.76. The molecule has 43 heavy (non-hydrogen) atoms. The van der Waals surface area contributed by atoms with Crippen LogP contribution in [0.5, 0.6) is 11.5 Å². The highest BCUT2D eigenvalue weighted by atomic mass is 31.1. The molecule has 1 aliphatic rings. The van der Waals surface area contributed by atoms with E-state index in [2.05, 4.69) is 149 Å². The summed E-state index contributed by atoms with van der Waals surface area (Å²) in [5, 5.41) is 4.62. The van der Waals surface area contributed by atoms with E-state index in [1.165, 1.54) is 35.2 Å². The summed E-state index contributed by atoms with van der Waals surface area (Å²) in [4.78, 5) is 0. The summed E-state index contributed by atoms with van der Waals surface area (Å²) in [7, 11) is -1.14. The Hall–Kier alpha value is -1.88. The molecule has 3 atom stereocenters. The molecule has 0 aliphatic heterocycles. The van der Waals surface area contributed by atoms with Crippen LogP contribution in [0.3, 0.4) is 0 Å². The molecule has 4 rings (SSSR count). The Morgan fingerprint density at radius 3 is 1.51 bits per heavy atom. The van der Waals surface area contributed by atoms with E-state index in [9.17, 15) is 0 Å². The molecule has 1 saturated carbocycles. The molecule has 0 aromatic heterocycles. The molecule has 4 heteroatoms. The van der Waals surface area contributed by atoms with E-state index in [1.807, 2.05) is 0 Å². The van der Waals surface area contributed by atoms with E-state index in [-0.39, 0.29) is 20.1 Å². The predicted molar refractivity (Wildman–Crippen MR) is 193 cm³/mol. The van der Waals surface area contributed by atoms with Crippen LogP contribution in [0.1, 0.15) is 107 Å². The Balaban J connectivity index is 1.91. The van der Waals surface area contributed by atoms with Gasteiger partial charge in [-0.15, -0.1) is 0 Å². The Bertz CT molecular complexity index is 1270. The lowest BCUT2D eigenvalue weighted by atomic mass is 9.87. The Labute approximate surface area is 265 Å². The van der Waals surface area contributed by atoms with E-state index >= 15 is 0 Å². The Morgan fingerprint density at radius 2 is 1.05 bits per heavy atom. The van der Waals surface area contributed by atoms with Crippen LogP contribution in [0.25, 0.3) is 0 Å². The molecular weight excluding hydrogens is 562 g/mol. The van der Waals surface area contributed by atoms with Crippen LogP contribution in [0.15, 0.2) is 72.8 Å². The molecule has 1 aliphatic carbocycles. The molecule has 1 fully saturated rings. The largest absolute Gasteiger partial charge is 0.490 e. The summed E-state index contributed by atoms with van der Waals surface area (Å²) < 4.78 is 13.0. The third-order valence-corrected chi connectivity index (χ3v) is 15.2. The Morgan fingerprint density at radius 1 is 0.605 bits per heavy atom. The van der Waals surface area contributed by atoms with Crippen LogP contribution in [0.4, 0.5) is 0 Å². The van der Waals surface area contributed by atoms with E-state index < -0.39 is 7.92 Å². The zero-order chi connectivity index (χ0) is 31.5. The van der Waals surface area contributed by atoms with Crippen molar-refractivity contribution in [3.8, 4) is 11.5 Å². The van der Waals surface area contributed by atoms with Crippen LogP contribution >= 0.6 is 15.8 Å². The molecular formula is C39H56O2P2. The van der Waals surface area contributed by atoms with E-state index in [1.54, 1.807) is 5.56 Å². The van der Waals surface area contributed by atoms with E-state index in [0.717, 1.165) is 11.5 Å². The van der Waals surface area contributed by atoms with Crippen LogP contribution in [-0.2, 0) is 0 Å². The summed E-state index contributed by atoms with van der Waals surface area (Å²) in [5.41, 5.74) is 2.23. The first-order valence-corrected chi connectivity index (χ1v) is 19.1. The molecule has 0 saturated heterocycles. The van der Waals surface area contributed by atoms with Crippen LogP contribution < -0.4 is 25.4 Å². The molecule has 0 amide bonds. The van der Waals surface area contributed by atoms with E-state index in [0.29, 0.717) is 27.8 Å². The highest BCUT2D eigenvalue weighted by Crippen LogP contribution is 2.66. The lowest BCUT2D eigenvalue weighted by molar-refractivity contribution is 0.244. The van der Waals surface area contributed by atoms with Crippen molar-refractivity contribution in [2.75, 3.05) is 0 Å². The highest BCUT2D eigenvalue weighted by Gasteiger charge is 2.45. The van der Waals surface area contributed by atoms with Gasteiger partial charge in [-0.1, -0.05) is 123 Å².